The van der Waals surface area contributed by atoms with Crippen LogP contribution in [0, 0.1) is 6.92 Å². The van der Waals surface area contributed by atoms with Gasteiger partial charge >= 0.3 is 0 Å². The van der Waals surface area contributed by atoms with Gasteiger partial charge in [-0.15, -0.1) is 0 Å². The Labute approximate surface area is 125 Å². The second-order valence-electron chi connectivity index (χ2n) is 4.02. The van der Waals surface area contributed by atoms with E-state index in [1.54, 1.807) is 30.3 Å². The van der Waals surface area contributed by atoms with Gasteiger partial charge in [0.1, 0.15) is 4.90 Å². The predicted octanol–water partition coefficient (Wildman–Crippen LogP) is 4.21. The largest absolute Gasteiger partial charge is 0.278 e. The highest BCUT2D eigenvalue weighted by Gasteiger charge is 2.18. The van der Waals surface area contributed by atoms with Crippen molar-refractivity contribution in [3.8, 4) is 0 Å². The van der Waals surface area contributed by atoms with E-state index in [-0.39, 0.29) is 4.90 Å². The fraction of sp³-hybridized carbons (Fsp3) is 0.0769. The number of nitrogens with one attached hydrogen (secondary N) is 1. The van der Waals surface area contributed by atoms with Crippen LogP contribution in [0.5, 0.6) is 0 Å². The summed E-state index contributed by atoms with van der Waals surface area (Å²) >= 11 is 9.22. The third-order valence-corrected chi connectivity index (χ3v) is 5.20. The van der Waals surface area contributed by atoms with Crippen LogP contribution in [0.1, 0.15) is 5.56 Å². The van der Waals surface area contributed by atoms with Crippen molar-refractivity contribution in [2.75, 3.05) is 4.72 Å². The summed E-state index contributed by atoms with van der Waals surface area (Å²) in [6.07, 6.45) is 0. The molecule has 0 spiro atoms. The number of aryl methyl sites for hydroxylation is 1. The Morgan fingerprint density at radius 3 is 2.53 bits per heavy atom. The molecule has 0 atom stereocenters. The predicted molar refractivity (Wildman–Crippen MR) is 81.1 cm³/mol. The topological polar surface area (TPSA) is 46.2 Å². The number of hydrogen-bond acceptors (Lipinski definition) is 2. The van der Waals surface area contributed by atoms with Crippen LogP contribution < -0.4 is 4.72 Å². The molecule has 0 radical (unpaired) electrons. The van der Waals surface area contributed by atoms with Gasteiger partial charge in [-0.25, -0.2) is 8.42 Å². The van der Waals surface area contributed by atoms with Gasteiger partial charge in [-0.05, 0) is 52.7 Å². The summed E-state index contributed by atoms with van der Waals surface area (Å²) in [5.74, 6) is 0. The lowest BCUT2D eigenvalue weighted by molar-refractivity contribution is 0.601. The Morgan fingerprint density at radius 1 is 1.16 bits per heavy atom. The normalized spacial score (nSPS) is 11.3. The Bertz CT molecular complexity index is 716. The molecule has 0 unspecified atom stereocenters. The third-order valence-electron chi connectivity index (χ3n) is 2.49. The van der Waals surface area contributed by atoms with E-state index in [4.69, 9.17) is 11.6 Å². The number of benzene rings is 2. The second kappa shape index (κ2) is 5.53. The minimum atomic E-state index is -3.66. The molecule has 0 heterocycles. The Kier molecular flexibility index (Phi) is 4.18. The minimum Gasteiger partial charge on any atom is -0.278 e. The van der Waals surface area contributed by atoms with Crippen molar-refractivity contribution in [2.24, 2.45) is 0 Å². The minimum absolute atomic E-state index is 0.174. The zero-order valence-electron chi connectivity index (χ0n) is 10.0. The maximum Gasteiger partial charge on any atom is 0.263 e. The molecule has 100 valence electrons. The van der Waals surface area contributed by atoms with E-state index < -0.39 is 10.0 Å². The average molecular weight is 361 g/mol. The Balaban J connectivity index is 2.43. The summed E-state index contributed by atoms with van der Waals surface area (Å²) in [6, 6.07) is 11.8. The van der Waals surface area contributed by atoms with Gasteiger partial charge in [0, 0.05) is 4.47 Å². The van der Waals surface area contributed by atoms with E-state index >= 15 is 0 Å². The highest BCUT2D eigenvalue weighted by Crippen LogP contribution is 2.28. The van der Waals surface area contributed by atoms with Crippen LogP contribution in [-0.4, -0.2) is 8.42 Å². The molecule has 2 aromatic carbocycles. The molecule has 0 aliphatic heterocycles. The average Bonchev–Trinajstić information content (AvgIpc) is 2.34. The molecule has 0 aromatic heterocycles. The molecule has 1 N–H and O–H groups in total. The number of hydrogen-bond donors (Lipinski definition) is 1. The summed E-state index contributed by atoms with van der Waals surface area (Å²) in [5, 5.41) is 0.362. The first-order valence-corrected chi connectivity index (χ1v) is 8.09. The summed E-state index contributed by atoms with van der Waals surface area (Å²) in [6.45, 7) is 1.87. The molecule has 2 aromatic rings. The number of sulfonamides is 1. The molecule has 2 rings (SSSR count). The van der Waals surface area contributed by atoms with Gasteiger partial charge in [0.15, 0.2) is 0 Å². The lowest BCUT2D eigenvalue weighted by Gasteiger charge is -2.11. The Morgan fingerprint density at radius 2 is 1.84 bits per heavy atom. The molecule has 19 heavy (non-hydrogen) atoms. The van der Waals surface area contributed by atoms with Crippen molar-refractivity contribution in [1.29, 1.82) is 0 Å². The number of rotatable bonds is 3. The van der Waals surface area contributed by atoms with Crippen molar-refractivity contribution in [3.05, 3.63) is 57.5 Å². The third kappa shape index (κ3) is 3.29. The molecule has 0 amide bonds. The quantitative estimate of drug-likeness (QED) is 0.891. The summed E-state index contributed by atoms with van der Waals surface area (Å²) in [4.78, 5) is 0.174. The van der Waals surface area contributed by atoms with Gasteiger partial charge in [-0.3, -0.25) is 4.72 Å². The molecular weight excluding hydrogens is 350 g/mol. The summed E-state index contributed by atoms with van der Waals surface area (Å²) < 4.78 is 27.6. The fourth-order valence-electron chi connectivity index (χ4n) is 1.58. The number of halogens is 2. The first kappa shape index (κ1) is 14.4. The van der Waals surface area contributed by atoms with Crippen LogP contribution >= 0.6 is 27.5 Å². The van der Waals surface area contributed by atoms with E-state index in [9.17, 15) is 8.42 Å². The highest BCUT2D eigenvalue weighted by atomic mass is 79.9. The van der Waals surface area contributed by atoms with Crippen molar-refractivity contribution in [1.82, 2.24) is 0 Å². The van der Waals surface area contributed by atoms with Crippen LogP contribution in [0.15, 0.2) is 51.8 Å². The van der Waals surface area contributed by atoms with Crippen LogP contribution in [0.25, 0.3) is 0 Å². The van der Waals surface area contributed by atoms with Crippen LogP contribution in [-0.2, 0) is 10.0 Å². The molecule has 3 nitrogen and oxygen atoms in total. The maximum atomic E-state index is 12.3. The molecule has 0 fully saturated rings. The van der Waals surface area contributed by atoms with Crippen molar-refractivity contribution in [3.63, 3.8) is 0 Å². The van der Waals surface area contributed by atoms with Gasteiger partial charge in [-0.2, -0.15) is 0 Å². The van der Waals surface area contributed by atoms with Crippen molar-refractivity contribution < 1.29 is 8.42 Å². The van der Waals surface area contributed by atoms with Crippen LogP contribution in [0.3, 0.4) is 0 Å². The van der Waals surface area contributed by atoms with E-state index in [0.29, 0.717) is 15.2 Å². The van der Waals surface area contributed by atoms with Gasteiger partial charge in [0.2, 0.25) is 0 Å². The maximum absolute atomic E-state index is 12.3. The number of anilines is 1. The lowest BCUT2D eigenvalue weighted by Crippen LogP contribution is -2.13. The molecular formula is C13H11BrClNO2S. The highest BCUT2D eigenvalue weighted by molar-refractivity contribution is 9.10. The molecule has 0 bridgehead atoms. The van der Waals surface area contributed by atoms with Crippen molar-refractivity contribution in [2.45, 2.75) is 11.8 Å². The first-order chi connectivity index (χ1) is 8.90. The van der Waals surface area contributed by atoms with E-state index in [2.05, 4.69) is 20.7 Å². The van der Waals surface area contributed by atoms with Gasteiger partial charge < -0.3 is 0 Å². The van der Waals surface area contributed by atoms with Crippen molar-refractivity contribution >= 4 is 43.2 Å². The van der Waals surface area contributed by atoms with Gasteiger partial charge in [0.25, 0.3) is 10.0 Å². The summed E-state index contributed by atoms with van der Waals surface area (Å²) in [7, 11) is -3.66. The molecule has 0 aliphatic carbocycles. The zero-order chi connectivity index (χ0) is 14.0. The molecule has 6 heteroatoms. The standard InChI is InChI=1S/C13H11BrClNO2S/c1-9-6-7-11(15)12(8-9)16-19(17,18)13-5-3-2-4-10(13)14/h2-8,16H,1H3. The SMILES string of the molecule is Cc1ccc(Cl)c(NS(=O)(=O)c2ccccc2Br)c1. The second-order valence-corrected chi connectivity index (χ2v) is 6.93. The van der Waals surface area contributed by atoms with Gasteiger partial charge in [-0.1, -0.05) is 29.8 Å². The van der Waals surface area contributed by atoms with E-state index in [1.807, 2.05) is 13.0 Å². The molecule has 0 aliphatic rings. The first-order valence-electron chi connectivity index (χ1n) is 5.43. The zero-order valence-corrected chi connectivity index (χ0v) is 13.2. The summed E-state index contributed by atoms with van der Waals surface area (Å²) in [5.41, 5.74) is 1.30. The van der Waals surface area contributed by atoms with Crippen LogP contribution in [0.4, 0.5) is 5.69 Å². The smallest absolute Gasteiger partial charge is 0.263 e. The lowest BCUT2D eigenvalue weighted by atomic mass is 10.2. The molecule has 0 saturated carbocycles. The Hall–Kier alpha value is -1.04. The fourth-order valence-corrected chi connectivity index (χ4v) is 3.88. The van der Waals surface area contributed by atoms with Crippen LogP contribution in [0.2, 0.25) is 5.02 Å². The van der Waals surface area contributed by atoms with E-state index in [0.717, 1.165) is 5.56 Å². The monoisotopic (exact) mass is 359 g/mol. The van der Waals surface area contributed by atoms with E-state index in [1.165, 1.54) is 6.07 Å². The van der Waals surface area contributed by atoms with Gasteiger partial charge in [0.05, 0.1) is 10.7 Å². The molecule has 0 saturated heterocycles.